The molecule has 8 heteroatoms. The van der Waals surface area contributed by atoms with Crippen LogP contribution in [-0.2, 0) is 6.42 Å². The zero-order chi connectivity index (χ0) is 21.1. The van der Waals surface area contributed by atoms with Gasteiger partial charge in [0.25, 0.3) is 5.91 Å². The molecule has 30 heavy (non-hydrogen) atoms. The van der Waals surface area contributed by atoms with Crippen molar-refractivity contribution in [3.05, 3.63) is 69.5 Å². The SMILES string of the molecule is Cc1nnc(-c2cccc(C(=O)N3CCN(CCc4ccc(Cl)c(Cl)c4)CC3)c2)o1. The number of amides is 1. The van der Waals surface area contributed by atoms with Crippen molar-refractivity contribution in [3.63, 3.8) is 0 Å². The molecule has 0 unspecified atom stereocenters. The van der Waals surface area contributed by atoms with Crippen molar-refractivity contribution in [1.29, 1.82) is 0 Å². The van der Waals surface area contributed by atoms with E-state index in [2.05, 4.69) is 15.1 Å². The molecule has 1 saturated heterocycles. The Labute approximate surface area is 185 Å². The van der Waals surface area contributed by atoms with Gasteiger partial charge >= 0.3 is 0 Å². The minimum absolute atomic E-state index is 0.0252. The lowest BCUT2D eigenvalue weighted by Gasteiger charge is -2.34. The summed E-state index contributed by atoms with van der Waals surface area (Å²) >= 11 is 12.1. The maximum absolute atomic E-state index is 13.0. The predicted molar refractivity (Wildman–Crippen MR) is 117 cm³/mol. The maximum atomic E-state index is 13.0. The van der Waals surface area contributed by atoms with Gasteiger partial charge in [-0.2, -0.15) is 0 Å². The first-order valence-electron chi connectivity index (χ1n) is 9.86. The molecule has 0 saturated carbocycles. The minimum Gasteiger partial charge on any atom is -0.421 e. The lowest BCUT2D eigenvalue weighted by atomic mass is 10.1. The van der Waals surface area contributed by atoms with Crippen LogP contribution in [0.15, 0.2) is 46.9 Å². The van der Waals surface area contributed by atoms with Crippen LogP contribution in [0.4, 0.5) is 0 Å². The second-order valence-corrected chi connectivity index (χ2v) is 8.15. The molecule has 0 atom stereocenters. The minimum atomic E-state index is 0.0252. The Balaban J connectivity index is 1.32. The van der Waals surface area contributed by atoms with Gasteiger partial charge in [-0.3, -0.25) is 9.69 Å². The number of halogens is 2. The smallest absolute Gasteiger partial charge is 0.253 e. The van der Waals surface area contributed by atoms with Gasteiger partial charge in [-0.1, -0.05) is 35.3 Å². The third kappa shape index (κ3) is 4.83. The molecule has 6 nitrogen and oxygen atoms in total. The second kappa shape index (κ2) is 9.16. The third-order valence-electron chi connectivity index (χ3n) is 5.24. The monoisotopic (exact) mass is 444 g/mol. The van der Waals surface area contributed by atoms with Crippen molar-refractivity contribution in [2.24, 2.45) is 0 Å². The molecule has 1 fully saturated rings. The van der Waals surface area contributed by atoms with E-state index in [-0.39, 0.29) is 5.91 Å². The van der Waals surface area contributed by atoms with E-state index < -0.39 is 0 Å². The van der Waals surface area contributed by atoms with E-state index in [9.17, 15) is 4.79 Å². The predicted octanol–water partition coefficient (Wildman–Crippen LogP) is 4.35. The van der Waals surface area contributed by atoms with E-state index in [0.717, 1.165) is 37.2 Å². The summed E-state index contributed by atoms with van der Waals surface area (Å²) in [7, 11) is 0. The van der Waals surface area contributed by atoms with E-state index >= 15 is 0 Å². The quantitative estimate of drug-likeness (QED) is 0.584. The fourth-order valence-corrected chi connectivity index (χ4v) is 3.86. The zero-order valence-electron chi connectivity index (χ0n) is 16.6. The number of hydrogen-bond acceptors (Lipinski definition) is 5. The summed E-state index contributed by atoms with van der Waals surface area (Å²) in [5.74, 6) is 0.949. The number of aryl methyl sites for hydroxylation is 1. The number of hydrogen-bond donors (Lipinski definition) is 0. The Kier molecular flexibility index (Phi) is 6.37. The van der Waals surface area contributed by atoms with Gasteiger partial charge in [-0.15, -0.1) is 10.2 Å². The van der Waals surface area contributed by atoms with Gasteiger partial charge in [0.05, 0.1) is 10.0 Å². The molecule has 0 aliphatic carbocycles. The summed E-state index contributed by atoms with van der Waals surface area (Å²) in [6.45, 7) is 5.75. The molecule has 2 aromatic carbocycles. The molecule has 4 rings (SSSR count). The summed E-state index contributed by atoms with van der Waals surface area (Å²) < 4.78 is 5.47. The fraction of sp³-hybridized carbons (Fsp3) is 0.318. The molecule has 156 valence electrons. The molecular formula is C22H22Cl2N4O2. The Morgan fingerprint density at radius 2 is 1.83 bits per heavy atom. The summed E-state index contributed by atoms with van der Waals surface area (Å²) in [5.41, 5.74) is 2.55. The average Bonchev–Trinajstić information content (AvgIpc) is 3.21. The lowest BCUT2D eigenvalue weighted by molar-refractivity contribution is 0.0638. The highest BCUT2D eigenvalue weighted by Gasteiger charge is 2.22. The van der Waals surface area contributed by atoms with Gasteiger partial charge in [0.1, 0.15) is 0 Å². The number of carbonyl (C=O) groups excluding carboxylic acids is 1. The zero-order valence-corrected chi connectivity index (χ0v) is 18.2. The van der Waals surface area contributed by atoms with E-state index in [0.29, 0.717) is 40.5 Å². The number of carbonyl (C=O) groups is 1. The van der Waals surface area contributed by atoms with Crippen LogP contribution in [-0.4, -0.2) is 58.6 Å². The fourth-order valence-electron chi connectivity index (χ4n) is 3.54. The maximum Gasteiger partial charge on any atom is 0.253 e. The normalized spacial score (nSPS) is 14.8. The van der Waals surface area contributed by atoms with Crippen molar-refractivity contribution in [2.45, 2.75) is 13.3 Å². The van der Waals surface area contributed by atoms with Crippen molar-refractivity contribution >= 4 is 29.1 Å². The third-order valence-corrected chi connectivity index (χ3v) is 5.98. The van der Waals surface area contributed by atoms with Gasteiger partial charge in [-0.25, -0.2) is 0 Å². The van der Waals surface area contributed by atoms with Crippen molar-refractivity contribution < 1.29 is 9.21 Å². The summed E-state index contributed by atoms with van der Waals surface area (Å²) in [6.07, 6.45) is 0.899. The molecule has 0 N–H and O–H groups in total. The Morgan fingerprint density at radius 3 is 2.53 bits per heavy atom. The van der Waals surface area contributed by atoms with Crippen molar-refractivity contribution in [3.8, 4) is 11.5 Å². The Hall–Kier alpha value is -2.41. The number of aromatic nitrogens is 2. The Bertz CT molecular complexity index is 1050. The molecule has 1 aliphatic rings. The van der Waals surface area contributed by atoms with Gasteiger partial charge < -0.3 is 9.32 Å². The highest BCUT2D eigenvalue weighted by molar-refractivity contribution is 6.42. The van der Waals surface area contributed by atoms with Crippen LogP contribution in [0.2, 0.25) is 10.0 Å². The molecule has 3 aromatic rings. The van der Waals surface area contributed by atoms with Crippen LogP contribution in [0.1, 0.15) is 21.8 Å². The van der Waals surface area contributed by atoms with Gasteiger partial charge in [0, 0.05) is 50.8 Å². The molecule has 1 aromatic heterocycles. The number of nitrogens with zero attached hydrogens (tertiary/aromatic N) is 4. The van der Waals surface area contributed by atoms with E-state index in [1.165, 1.54) is 0 Å². The van der Waals surface area contributed by atoms with Crippen LogP contribution < -0.4 is 0 Å². The molecular weight excluding hydrogens is 423 g/mol. The summed E-state index contributed by atoms with van der Waals surface area (Å²) in [5, 5.41) is 9.04. The second-order valence-electron chi connectivity index (χ2n) is 7.34. The average molecular weight is 445 g/mol. The van der Waals surface area contributed by atoms with Crippen LogP contribution >= 0.6 is 23.2 Å². The highest BCUT2D eigenvalue weighted by Crippen LogP contribution is 2.23. The van der Waals surface area contributed by atoms with Crippen LogP contribution in [0.5, 0.6) is 0 Å². The van der Waals surface area contributed by atoms with Gasteiger partial charge in [-0.05, 0) is 42.3 Å². The van der Waals surface area contributed by atoms with Gasteiger partial charge in [0.15, 0.2) is 0 Å². The van der Waals surface area contributed by atoms with Gasteiger partial charge in [0.2, 0.25) is 11.8 Å². The first-order valence-corrected chi connectivity index (χ1v) is 10.6. The first kappa shape index (κ1) is 20.8. The van der Waals surface area contributed by atoms with Crippen LogP contribution in [0.25, 0.3) is 11.5 Å². The highest BCUT2D eigenvalue weighted by atomic mass is 35.5. The summed E-state index contributed by atoms with van der Waals surface area (Å²) in [6, 6.07) is 13.1. The topological polar surface area (TPSA) is 62.5 Å². The van der Waals surface area contributed by atoms with E-state index in [4.69, 9.17) is 27.6 Å². The molecule has 0 spiro atoms. The van der Waals surface area contributed by atoms with Crippen LogP contribution in [0, 0.1) is 6.92 Å². The molecule has 1 amide bonds. The number of benzene rings is 2. The van der Waals surface area contributed by atoms with Crippen molar-refractivity contribution in [1.82, 2.24) is 20.0 Å². The van der Waals surface area contributed by atoms with Crippen molar-refractivity contribution in [2.75, 3.05) is 32.7 Å². The Morgan fingerprint density at radius 1 is 1.03 bits per heavy atom. The summed E-state index contributed by atoms with van der Waals surface area (Å²) in [4.78, 5) is 17.2. The first-order chi connectivity index (χ1) is 14.5. The van der Waals surface area contributed by atoms with E-state index in [1.54, 1.807) is 6.92 Å². The number of rotatable bonds is 5. The van der Waals surface area contributed by atoms with Crippen LogP contribution in [0.3, 0.4) is 0 Å². The largest absolute Gasteiger partial charge is 0.421 e. The molecule has 1 aliphatic heterocycles. The molecule has 0 bridgehead atoms. The lowest BCUT2D eigenvalue weighted by Crippen LogP contribution is -2.49. The van der Waals surface area contributed by atoms with E-state index in [1.807, 2.05) is 47.4 Å². The molecule has 2 heterocycles. The number of piperazine rings is 1. The molecule has 0 radical (unpaired) electrons. The standard InChI is InChI=1S/C22H22Cl2N4O2/c1-15-25-26-21(30-15)17-3-2-4-18(14-17)22(29)28-11-9-27(10-12-28)8-7-16-5-6-19(23)20(24)13-16/h2-6,13-14H,7-12H2,1H3.